The SMILES string of the molecule is O=C(NCc1ccccn1)C1CCN(S(=O)(=O)c2ccc(C(F)(F)F)cc2)CC1. The van der Waals surface area contributed by atoms with Crippen LogP contribution in [0.2, 0.25) is 0 Å². The highest BCUT2D eigenvalue weighted by Gasteiger charge is 2.34. The number of rotatable bonds is 5. The summed E-state index contributed by atoms with van der Waals surface area (Å²) in [4.78, 5) is 16.2. The maximum Gasteiger partial charge on any atom is 0.416 e. The summed E-state index contributed by atoms with van der Waals surface area (Å²) in [5.74, 6) is -0.486. The summed E-state index contributed by atoms with van der Waals surface area (Å²) < 4.78 is 64.5. The molecule has 1 aliphatic heterocycles. The topological polar surface area (TPSA) is 79.4 Å². The van der Waals surface area contributed by atoms with Gasteiger partial charge in [0.05, 0.1) is 22.7 Å². The molecule has 1 saturated heterocycles. The molecular formula is C19H20F3N3O3S. The molecule has 0 unspecified atom stereocenters. The second-order valence-corrected chi connectivity index (χ2v) is 8.68. The number of hydrogen-bond acceptors (Lipinski definition) is 4. The Morgan fingerprint density at radius 1 is 1.10 bits per heavy atom. The van der Waals surface area contributed by atoms with Gasteiger partial charge < -0.3 is 5.32 Å². The van der Waals surface area contributed by atoms with E-state index in [1.165, 1.54) is 4.31 Å². The molecular weight excluding hydrogens is 407 g/mol. The van der Waals surface area contributed by atoms with Crippen LogP contribution in [0.5, 0.6) is 0 Å². The van der Waals surface area contributed by atoms with E-state index in [1.807, 2.05) is 6.07 Å². The smallest absolute Gasteiger partial charge is 0.350 e. The number of nitrogens with zero attached hydrogens (tertiary/aromatic N) is 2. The third-order valence-electron chi connectivity index (χ3n) is 4.81. The van der Waals surface area contributed by atoms with Crippen LogP contribution in [0.25, 0.3) is 0 Å². The molecule has 10 heteroatoms. The molecule has 1 amide bonds. The van der Waals surface area contributed by atoms with Crippen molar-refractivity contribution in [1.29, 1.82) is 0 Å². The van der Waals surface area contributed by atoms with Gasteiger partial charge in [0, 0.05) is 25.2 Å². The Kier molecular flexibility index (Phi) is 6.23. The quantitative estimate of drug-likeness (QED) is 0.796. The minimum absolute atomic E-state index is 0.130. The molecule has 0 radical (unpaired) electrons. The molecule has 0 saturated carbocycles. The van der Waals surface area contributed by atoms with Gasteiger partial charge in [-0.3, -0.25) is 9.78 Å². The van der Waals surface area contributed by atoms with Gasteiger partial charge in [-0.25, -0.2) is 8.42 Å². The number of nitrogens with one attached hydrogen (secondary N) is 1. The lowest BCUT2D eigenvalue weighted by atomic mass is 9.97. The molecule has 3 rings (SSSR count). The molecule has 1 aromatic heterocycles. The van der Waals surface area contributed by atoms with Crippen LogP contribution in [-0.4, -0.2) is 36.7 Å². The number of amides is 1. The zero-order chi connectivity index (χ0) is 21.1. The van der Waals surface area contributed by atoms with E-state index < -0.39 is 21.8 Å². The van der Waals surface area contributed by atoms with Gasteiger partial charge in [0.2, 0.25) is 15.9 Å². The summed E-state index contributed by atoms with van der Waals surface area (Å²) in [6, 6.07) is 8.82. The van der Waals surface area contributed by atoms with E-state index in [2.05, 4.69) is 10.3 Å². The molecule has 29 heavy (non-hydrogen) atoms. The Bertz CT molecular complexity index is 940. The van der Waals surface area contributed by atoms with E-state index in [0.717, 1.165) is 30.0 Å². The van der Waals surface area contributed by atoms with Crippen LogP contribution >= 0.6 is 0 Å². The first-order valence-electron chi connectivity index (χ1n) is 9.03. The lowest BCUT2D eigenvalue weighted by molar-refractivity contribution is -0.137. The summed E-state index contributed by atoms with van der Waals surface area (Å²) in [5, 5.41) is 2.80. The van der Waals surface area contributed by atoms with Crippen molar-refractivity contribution in [3.05, 3.63) is 59.9 Å². The number of pyridine rings is 1. The molecule has 6 nitrogen and oxygen atoms in total. The Labute approximate surface area is 166 Å². The van der Waals surface area contributed by atoms with Crippen LogP contribution in [0.4, 0.5) is 13.2 Å². The van der Waals surface area contributed by atoms with Gasteiger partial charge in [0.15, 0.2) is 0 Å². The fourth-order valence-electron chi connectivity index (χ4n) is 3.15. The van der Waals surface area contributed by atoms with Crippen LogP contribution in [0.3, 0.4) is 0 Å². The van der Waals surface area contributed by atoms with E-state index in [0.29, 0.717) is 19.4 Å². The van der Waals surface area contributed by atoms with Crippen molar-refractivity contribution in [2.24, 2.45) is 5.92 Å². The third-order valence-corrected chi connectivity index (χ3v) is 6.73. The number of piperidine rings is 1. The van der Waals surface area contributed by atoms with Gasteiger partial charge in [-0.2, -0.15) is 17.5 Å². The minimum atomic E-state index is -4.52. The number of carbonyl (C=O) groups excluding carboxylic acids is 1. The van der Waals surface area contributed by atoms with Gasteiger partial charge >= 0.3 is 6.18 Å². The Morgan fingerprint density at radius 2 is 1.76 bits per heavy atom. The van der Waals surface area contributed by atoms with Crippen molar-refractivity contribution in [1.82, 2.24) is 14.6 Å². The fraction of sp³-hybridized carbons (Fsp3) is 0.368. The second-order valence-electron chi connectivity index (χ2n) is 6.74. The summed E-state index contributed by atoms with van der Waals surface area (Å²) >= 11 is 0. The molecule has 2 heterocycles. The maximum absolute atomic E-state index is 12.7. The predicted octanol–water partition coefficient (Wildman–Crippen LogP) is 2.82. The molecule has 1 aliphatic rings. The van der Waals surface area contributed by atoms with E-state index in [4.69, 9.17) is 0 Å². The van der Waals surface area contributed by atoms with Crippen molar-refractivity contribution in [2.75, 3.05) is 13.1 Å². The lowest BCUT2D eigenvalue weighted by Gasteiger charge is -2.30. The average Bonchev–Trinajstić information content (AvgIpc) is 2.72. The first-order chi connectivity index (χ1) is 13.7. The van der Waals surface area contributed by atoms with Gasteiger partial charge in [-0.1, -0.05) is 6.07 Å². The molecule has 0 aliphatic carbocycles. The zero-order valence-corrected chi connectivity index (χ0v) is 16.2. The van der Waals surface area contributed by atoms with Crippen molar-refractivity contribution in [2.45, 2.75) is 30.5 Å². The molecule has 1 aromatic carbocycles. The van der Waals surface area contributed by atoms with E-state index >= 15 is 0 Å². The second kappa shape index (κ2) is 8.50. The van der Waals surface area contributed by atoms with Crippen molar-refractivity contribution in [3.63, 3.8) is 0 Å². The Balaban J connectivity index is 1.57. The van der Waals surface area contributed by atoms with Crippen LogP contribution in [-0.2, 0) is 27.5 Å². The van der Waals surface area contributed by atoms with Gasteiger partial charge in [-0.05, 0) is 49.2 Å². The molecule has 156 valence electrons. The zero-order valence-electron chi connectivity index (χ0n) is 15.4. The summed E-state index contributed by atoms with van der Waals surface area (Å²) in [6.45, 7) is 0.555. The minimum Gasteiger partial charge on any atom is -0.350 e. The van der Waals surface area contributed by atoms with Crippen LogP contribution in [0.15, 0.2) is 53.6 Å². The largest absolute Gasteiger partial charge is 0.416 e. The number of alkyl halides is 3. The summed E-state index contributed by atoms with van der Waals surface area (Å²) in [7, 11) is -3.90. The predicted molar refractivity (Wildman–Crippen MR) is 99.0 cm³/mol. The first kappa shape index (κ1) is 21.3. The average molecular weight is 427 g/mol. The van der Waals surface area contributed by atoms with E-state index in [-0.39, 0.29) is 29.8 Å². The van der Waals surface area contributed by atoms with Crippen LogP contribution in [0.1, 0.15) is 24.1 Å². The van der Waals surface area contributed by atoms with Crippen molar-refractivity contribution < 1.29 is 26.4 Å². The van der Waals surface area contributed by atoms with E-state index in [1.54, 1.807) is 18.3 Å². The Morgan fingerprint density at radius 3 is 2.31 bits per heavy atom. The molecule has 1 N–H and O–H groups in total. The highest BCUT2D eigenvalue weighted by Crippen LogP contribution is 2.31. The number of sulfonamides is 1. The Hall–Kier alpha value is -2.46. The highest BCUT2D eigenvalue weighted by molar-refractivity contribution is 7.89. The van der Waals surface area contributed by atoms with Gasteiger partial charge in [0.25, 0.3) is 0 Å². The fourth-order valence-corrected chi connectivity index (χ4v) is 4.62. The van der Waals surface area contributed by atoms with Crippen molar-refractivity contribution in [3.8, 4) is 0 Å². The van der Waals surface area contributed by atoms with Crippen molar-refractivity contribution >= 4 is 15.9 Å². The number of aromatic nitrogens is 1. The first-order valence-corrected chi connectivity index (χ1v) is 10.5. The number of benzene rings is 1. The highest BCUT2D eigenvalue weighted by atomic mass is 32.2. The number of halogens is 3. The van der Waals surface area contributed by atoms with Gasteiger partial charge in [0.1, 0.15) is 0 Å². The summed E-state index contributed by atoms with van der Waals surface area (Å²) in [6.07, 6.45) is -2.21. The maximum atomic E-state index is 12.7. The standard InChI is InChI=1S/C19H20F3N3O3S/c20-19(21,22)15-4-6-17(7-5-15)29(27,28)25-11-8-14(9-12-25)18(26)24-13-16-3-1-2-10-23-16/h1-7,10,14H,8-9,11-13H2,(H,24,26). The monoisotopic (exact) mass is 427 g/mol. The van der Waals surface area contributed by atoms with Gasteiger partial charge in [-0.15, -0.1) is 0 Å². The molecule has 2 aromatic rings. The molecule has 1 fully saturated rings. The lowest BCUT2D eigenvalue weighted by Crippen LogP contribution is -2.42. The molecule has 0 atom stereocenters. The van der Waals surface area contributed by atoms with Crippen LogP contribution < -0.4 is 5.32 Å². The number of carbonyl (C=O) groups is 1. The number of hydrogen-bond donors (Lipinski definition) is 1. The van der Waals surface area contributed by atoms with Crippen LogP contribution in [0, 0.1) is 5.92 Å². The summed E-state index contributed by atoms with van der Waals surface area (Å²) in [5.41, 5.74) is -0.178. The normalized spacial score (nSPS) is 16.5. The molecule has 0 spiro atoms. The van der Waals surface area contributed by atoms with E-state index in [9.17, 15) is 26.4 Å². The third kappa shape index (κ3) is 5.13. The molecule has 0 bridgehead atoms.